The first-order valence-electron chi connectivity index (χ1n) is 6.98. The van der Waals surface area contributed by atoms with Gasteiger partial charge in [0.15, 0.2) is 0 Å². The van der Waals surface area contributed by atoms with Gasteiger partial charge in [0.2, 0.25) is 5.91 Å². The van der Waals surface area contributed by atoms with Crippen LogP contribution in [0.4, 0.5) is 5.69 Å². The van der Waals surface area contributed by atoms with Crippen LogP contribution in [0.25, 0.3) is 0 Å². The van der Waals surface area contributed by atoms with Crippen molar-refractivity contribution < 1.29 is 14.4 Å². The summed E-state index contributed by atoms with van der Waals surface area (Å²) in [4.78, 5) is 37.5. The van der Waals surface area contributed by atoms with Crippen LogP contribution in [0.1, 0.15) is 26.3 Å². The van der Waals surface area contributed by atoms with Gasteiger partial charge in [-0.05, 0) is 42.8 Å². The molecule has 1 aliphatic rings. The molecule has 1 aliphatic heterocycles. The maximum atomic E-state index is 12.2. The highest BCUT2D eigenvalue weighted by molar-refractivity contribution is 6.30. The SMILES string of the molecule is Cc1cc(Cl)ccc1NC(=O)CN1C(=O)c2ccccc2C1=O. The van der Waals surface area contributed by atoms with Gasteiger partial charge in [0, 0.05) is 10.7 Å². The van der Waals surface area contributed by atoms with E-state index in [9.17, 15) is 14.4 Å². The summed E-state index contributed by atoms with van der Waals surface area (Å²) in [5.41, 5.74) is 2.05. The molecule has 0 aromatic heterocycles. The monoisotopic (exact) mass is 328 g/mol. The maximum Gasteiger partial charge on any atom is 0.262 e. The van der Waals surface area contributed by atoms with Gasteiger partial charge in [0.1, 0.15) is 6.54 Å². The zero-order valence-electron chi connectivity index (χ0n) is 12.3. The number of fused-ring (bicyclic) bond motifs is 1. The van der Waals surface area contributed by atoms with Gasteiger partial charge in [-0.25, -0.2) is 0 Å². The molecule has 0 spiro atoms. The molecule has 23 heavy (non-hydrogen) atoms. The van der Waals surface area contributed by atoms with E-state index in [1.54, 1.807) is 42.5 Å². The summed E-state index contributed by atoms with van der Waals surface area (Å²) in [6, 6.07) is 11.6. The molecule has 6 heteroatoms. The van der Waals surface area contributed by atoms with Crippen LogP contribution in [0.2, 0.25) is 5.02 Å². The predicted octanol–water partition coefficient (Wildman–Crippen LogP) is 2.88. The average Bonchev–Trinajstić information content (AvgIpc) is 2.76. The van der Waals surface area contributed by atoms with Crippen molar-refractivity contribution in [3.8, 4) is 0 Å². The van der Waals surface area contributed by atoms with Crippen LogP contribution in [0.5, 0.6) is 0 Å². The van der Waals surface area contributed by atoms with Crippen molar-refractivity contribution in [2.24, 2.45) is 0 Å². The predicted molar refractivity (Wildman–Crippen MR) is 86.6 cm³/mol. The molecule has 3 amide bonds. The van der Waals surface area contributed by atoms with Crippen molar-refractivity contribution in [3.05, 3.63) is 64.2 Å². The number of halogens is 1. The molecule has 0 fully saturated rings. The van der Waals surface area contributed by atoms with E-state index in [4.69, 9.17) is 11.6 Å². The van der Waals surface area contributed by atoms with Gasteiger partial charge in [-0.3, -0.25) is 19.3 Å². The molecule has 1 heterocycles. The molecular weight excluding hydrogens is 316 g/mol. The van der Waals surface area contributed by atoms with Crippen molar-refractivity contribution in [2.75, 3.05) is 11.9 Å². The van der Waals surface area contributed by atoms with Crippen LogP contribution in [0, 0.1) is 6.92 Å². The molecule has 0 bridgehead atoms. The molecule has 0 radical (unpaired) electrons. The highest BCUT2D eigenvalue weighted by Crippen LogP contribution is 2.23. The van der Waals surface area contributed by atoms with E-state index in [1.807, 2.05) is 6.92 Å². The molecule has 0 atom stereocenters. The molecule has 0 saturated carbocycles. The lowest BCUT2D eigenvalue weighted by Crippen LogP contribution is -2.37. The van der Waals surface area contributed by atoms with Gasteiger partial charge >= 0.3 is 0 Å². The number of nitrogens with one attached hydrogen (secondary N) is 1. The van der Waals surface area contributed by atoms with Crippen molar-refractivity contribution in [1.29, 1.82) is 0 Å². The smallest absolute Gasteiger partial charge is 0.262 e. The van der Waals surface area contributed by atoms with E-state index in [-0.39, 0.29) is 6.54 Å². The molecule has 0 saturated heterocycles. The van der Waals surface area contributed by atoms with E-state index < -0.39 is 17.7 Å². The number of carbonyl (C=O) groups excluding carboxylic acids is 3. The summed E-state index contributed by atoms with van der Waals surface area (Å²) in [5, 5.41) is 3.26. The Balaban J connectivity index is 1.74. The number of amides is 3. The number of hydrogen-bond acceptors (Lipinski definition) is 3. The number of rotatable bonds is 3. The Hall–Kier alpha value is -2.66. The summed E-state index contributed by atoms with van der Waals surface area (Å²) in [6.07, 6.45) is 0. The van der Waals surface area contributed by atoms with Crippen molar-refractivity contribution >= 4 is 35.0 Å². The third-order valence-corrected chi connectivity index (χ3v) is 3.88. The molecule has 3 rings (SSSR count). The first-order chi connectivity index (χ1) is 11.0. The summed E-state index contributed by atoms with van der Waals surface area (Å²) >= 11 is 5.87. The molecule has 0 aliphatic carbocycles. The maximum absolute atomic E-state index is 12.2. The summed E-state index contributed by atoms with van der Waals surface area (Å²) in [6.45, 7) is 1.48. The Bertz CT molecular complexity index is 797. The standard InChI is InChI=1S/C17H13ClN2O3/c1-10-8-11(18)6-7-14(10)19-15(21)9-20-16(22)12-4-2-3-5-13(12)17(20)23/h2-8H,9H2,1H3,(H,19,21). The fourth-order valence-corrected chi connectivity index (χ4v) is 2.71. The van der Waals surface area contributed by atoms with Gasteiger partial charge < -0.3 is 5.32 Å². The van der Waals surface area contributed by atoms with Gasteiger partial charge in [0.05, 0.1) is 11.1 Å². The number of anilines is 1. The second kappa shape index (κ2) is 5.85. The lowest BCUT2D eigenvalue weighted by molar-refractivity contribution is -0.116. The quantitative estimate of drug-likeness (QED) is 0.881. The van der Waals surface area contributed by atoms with Gasteiger partial charge in [-0.2, -0.15) is 0 Å². The summed E-state index contributed by atoms with van der Waals surface area (Å²) < 4.78 is 0. The zero-order valence-corrected chi connectivity index (χ0v) is 13.1. The van der Waals surface area contributed by atoms with Crippen molar-refractivity contribution in [1.82, 2.24) is 4.90 Å². The lowest BCUT2D eigenvalue weighted by Gasteiger charge is -2.14. The minimum absolute atomic E-state index is 0.325. The molecular formula is C17H13ClN2O3. The Morgan fingerprint density at radius 3 is 2.26 bits per heavy atom. The lowest BCUT2D eigenvalue weighted by atomic mass is 10.1. The molecule has 0 unspecified atom stereocenters. The Morgan fingerprint density at radius 1 is 1.09 bits per heavy atom. The molecule has 116 valence electrons. The zero-order chi connectivity index (χ0) is 16.6. The Kier molecular flexibility index (Phi) is 3.88. The van der Waals surface area contributed by atoms with Gasteiger partial charge in [0.25, 0.3) is 11.8 Å². The van der Waals surface area contributed by atoms with E-state index >= 15 is 0 Å². The Labute approximate surface area is 137 Å². The first kappa shape index (κ1) is 15.2. The van der Waals surface area contributed by atoms with Crippen LogP contribution in [-0.4, -0.2) is 29.2 Å². The third-order valence-electron chi connectivity index (χ3n) is 3.64. The summed E-state index contributed by atoms with van der Waals surface area (Å²) in [5.74, 6) is -1.34. The minimum atomic E-state index is -0.450. The summed E-state index contributed by atoms with van der Waals surface area (Å²) in [7, 11) is 0. The van der Waals surface area contributed by atoms with E-state index in [1.165, 1.54) is 0 Å². The number of aryl methyl sites for hydroxylation is 1. The molecule has 2 aromatic carbocycles. The van der Waals surface area contributed by atoms with Crippen LogP contribution >= 0.6 is 11.6 Å². The number of nitrogens with zero attached hydrogens (tertiary/aromatic N) is 1. The van der Waals surface area contributed by atoms with E-state index in [2.05, 4.69) is 5.32 Å². The fourth-order valence-electron chi connectivity index (χ4n) is 2.48. The van der Waals surface area contributed by atoms with Crippen molar-refractivity contribution in [2.45, 2.75) is 6.92 Å². The van der Waals surface area contributed by atoms with Crippen LogP contribution in [0.3, 0.4) is 0 Å². The topological polar surface area (TPSA) is 66.5 Å². The molecule has 1 N–H and O–H groups in total. The second-order valence-electron chi connectivity index (χ2n) is 5.25. The first-order valence-corrected chi connectivity index (χ1v) is 7.36. The highest BCUT2D eigenvalue weighted by atomic mass is 35.5. The number of imide groups is 1. The number of hydrogen-bond donors (Lipinski definition) is 1. The van der Waals surface area contributed by atoms with E-state index in [0.29, 0.717) is 21.8 Å². The largest absolute Gasteiger partial charge is 0.324 e. The van der Waals surface area contributed by atoms with Crippen LogP contribution < -0.4 is 5.32 Å². The van der Waals surface area contributed by atoms with Crippen LogP contribution in [0.15, 0.2) is 42.5 Å². The Morgan fingerprint density at radius 2 is 1.70 bits per heavy atom. The van der Waals surface area contributed by atoms with Gasteiger partial charge in [-0.1, -0.05) is 23.7 Å². The minimum Gasteiger partial charge on any atom is -0.324 e. The van der Waals surface area contributed by atoms with Crippen LogP contribution in [-0.2, 0) is 4.79 Å². The van der Waals surface area contributed by atoms with Crippen molar-refractivity contribution in [3.63, 3.8) is 0 Å². The second-order valence-corrected chi connectivity index (χ2v) is 5.69. The molecule has 2 aromatic rings. The normalized spacial score (nSPS) is 13.2. The average molecular weight is 329 g/mol. The highest BCUT2D eigenvalue weighted by Gasteiger charge is 2.36. The van der Waals surface area contributed by atoms with E-state index in [0.717, 1.165) is 10.5 Å². The molecule has 5 nitrogen and oxygen atoms in total. The third kappa shape index (κ3) is 2.83. The number of carbonyl (C=O) groups is 3. The number of benzene rings is 2. The van der Waals surface area contributed by atoms with Gasteiger partial charge in [-0.15, -0.1) is 0 Å². The fraction of sp³-hybridized carbons (Fsp3) is 0.118.